The molecule has 0 aliphatic carbocycles. The van der Waals surface area contributed by atoms with E-state index >= 15 is 0 Å². The first-order valence-corrected chi connectivity index (χ1v) is 11.7. The van der Waals surface area contributed by atoms with Crippen molar-refractivity contribution in [1.82, 2.24) is 5.32 Å². The molecule has 0 aromatic heterocycles. The van der Waals surface area contributed by atoms with Crippen molar-refractivity contribution < 1.29 is 19.3 Å². The van der Waals surface area contributed by atoms with Gasteiger partial charge in [-0.25, -0.2) is 4.79 Å². The average molecular weight is 415 g/mol. The summed E-state index contributed by atoms with van der Waals surface area (Å²) >= 11 is 0. The van der Waals surface area contributed by atoms with Crippen molar-refractivity contribution in [2.75, 3.05) is 0 Å². The number of rotatable bonds is 8. The Bertz CT molecular complexity index is 879. The molecule has 6 heteroatoms. The largest absolute Gasteiger partial charge is 0.480 e. The van der Waals surface area contributed by atoms with Gasteiger partial charge in [0.15, 0.2) is 0 Å². The fourth-order valence-electron chi connectivity index (χ4n) is 3.75. The first-order chi connectivity index (χ1) is 13.6. The van der Waals surface area contributed by atoms with Crippen LogP contribution in [0.1, 0.15) is 54.8 Å². The highest BCUT2D eigenvalue weighted by Crippen LogP contribution is 2.67. The van der Waals surface area contributed by atoms with Crippen LogP contribution in [0, 0.1) is 6.92 Å². The Morgan fingerprint density at radius 3 is 1.86 bits per heavy atom. The number of benzene rings is 2. The highest BCUT2D eigenvalue weighted by molar-refractivity contribution is 7.65. The van der Waals surface area contributed by atoms with E-state index in [2.05, 4.69) is 5.32 Å². The van der Waals surface area contributed by atoms with Gasteiger partial charge in [-0.2, -0.15) is 0 Å². The Hall–Kier alpha value is -2.39. The van der Waals surface area contributed by atoms with Gasteiger partial charge < -0.3 is 15.0 Å². The first kappa shape index (κ1) is 22.9. The van der Waals surface area contributed by atoms with Gasteiger partial charge in [0.2, 0.25) is 0 Å². The molecule has 2 aromatic rings. The van der Waals surface area contributed by atoms with E-state index in [9.17, 15) is 19.3 Å². The lowest BCUT2D eigenvalue weighted by molar-refractivity contribution is -0.139. The van der Waals surface area contributed by atoms with Gasteiger partial charge in [-0.1, -0.05) is 75.7 Å². The predicted octanol–water partition coefficient (Wildman–Crippen LogP) is 5.10. The number of aryl methyl sites for hydroxylation is 1. The van der Waals surface area contributed by atoms with E-state index < -0.39 is 30.7 Å². The van der Waals surface area contributed by atoms with Gasteiger partial charge in [-0.15, -0.1) is 0 Å². The second kappa shape index (κ2) is 9.41. The Labute approximate surface area is 172 Å². The van der Waals surface area contributed by atoms with Gasteiger partial charge in [0.25, 0.3) is 5.91 Å². The summed E-state index contributed by atoms with van der Waals surface area (Å²) < 4.78 is 14.2. The molecule has 0 fully saturated rings. The molecule has 0 aliphatic heterocycles. The molecule has 0 radical (unpaired) electrons. The number of carboxylic acids is 1. The van der Waals surface area contributed by atoms with Crippen molar-refractivity contribution in [1.29, 1.82) is 0 Å². The quantitative estimate of drug-likeness (QED) is 0.588. The zero-order valence-corrected chi connectivity index (χ0v) is 18.5. The fraction of sp³-hybridized carbons (Fsp3) is 0.391. The third-order valence-corrected chi connectivity index (χ3v) is 10.1. The normalized spacial score (nSPS) is 13.9. The maximum absolute atomic E-state index is 14.2. The number of aliphatic carboxylic acids is 1. The van der Waals surface area contributed by atoms with Gasteiger partial charge >= 0.3 is 5.97 Å². The van der Waals surface area contributed by atoms with Crippen molar-refractivity contribution >= 4 is 19.0 Å². The van der Waals surface area contributed by atoms with Crippen molar-refractivity contribution in [2.45, 2.75) is 57.6 Å². The zero-order chi connectivity index (χ0) is 21.8. The minimum Gasteiger partial charge on any atom is -0.480 e. The van der Waals surface area contributed by atoms with Crippen molar-refractivity contribution in [2.24, 2.45) is 0 Å². The summed E-state index contributed by atoms with van der Waals surface area (Å²) in [5.74, 6) is -1.68. The van der Waals surface area contributed by atoms with Gasteiger partial charge in [-0.3, -0.25) is 4.79 Å². The Morgan fingerprint density at radius 2 is 1.41 bits per heavy atom. The highest BCUT2D eigenvalue weighted by Gasteiger charge is 2.47. The molecule has 0 bridgehead atoms. The van der Waals surface area contributed by atoms with E-state index in [1.165, 1.54) is 0 Å². The molecule has 156 valence electrons. The first-order valence-electron chi connectivity index (χ1n) is 9.83. The molecule has 2 N–H and O–H groups in total. The van der Waals surface area contributed by atoms with E-state index in [1.54, 1.807) is 30.3 Å². The number of carbonyl (C=O) groups is 2. The van der Waals surface area contributed by atoms with Crippen LogP contribution < -0.4 is 5.32 Å². The Kier molecular flexibility index (Phi) is 7.43. The van der Waals surface area contributed by atoms with Gasteiger partial charge in [0.1, 0.15) is 13.2 Å². The molecule has 2 unspecified atom stereocenters. The summed E-state index contributed by atoms with van der Waals surface area (Å²) in [4.78, 5) is 25.1. The van der Waals surface area contributed by atoms with E-state index in [0.29, 0.717) is 11.1 Å². The van der Waals surface area contributed by atoms with Crippen LogP contribution in [0.5, 0.6) is 0 Å². The van der Waals surface area contributed by atoms with Crippen LogP contribution in [0.3, 0.4) is 0 Å². The van der Waals surface area contributed by atoms with Crippen molar-refractivity contribution in [3.8, 4) is 0 Å². The molecule has 29 heavy (non-hydrogen) atoms. The molecule has 0 spiro atoms. The Balaban J connectivity index is 2.59. The second-order valence-electron chi connectivity index (χ2n) is 7.96. The number of hydrogen-bond acceptors (Lipinski definition) is 3. The summed E-state index contributed by atoms with van der Waals surface area (Å²) in [5, 5.41) is 12.7. The van der Waals surface area contributed by atoms with Crippen LogP contribution in [0.4, 0.5) is 0 Å². The van der Waals surface area contributed by atoms with E-state index in [4.69, 9.17) is 0 Å². The summed E-state index contributed by atoms with van der Waals surface area (Å²) in [5.41, 5.74) is 0.769. The Morgan fingerprint density at radius 1 is 0.897 bits per heavy atom. The van der Waals surface area contributed by atoms with Crippen LogP contribution in [0.2, 0.25) is 0 Å². The van der Waals surface area contributed by atoms with E-state index in [-0.39, 0.29) is 11.3 Å². The van der Waals surface area contributed by atoms with Crippen LogP contribution in [-0.4, -0.2) is 34.3 Å². The number of carbonyl (C=O) groups excluding carboxylic acids is 1. The lowest BCUT2D eigenvalue weighted by Crippen LogP contribution is -2.46. The molecule has 0 heterocycles. The van der Waals surface area contributed by atoms with E-state index in [1.807, 2.05) is 58.9 Å². The molecule has 5 nitrogen and oxygen atoms in total. The van der Waals surface area contributed by atoms with Gasteiger partial charge in [-0.05, 0) is 24.6 Å². The van der Waals surface area contributed by atoms with Crippen LogP contribution in [-0.2, 0) is 9.36 Å². The smallest absolute Gasteiger partial charge is 0.327 e. The maximum Gasteiger partial charge on any atom is 0.327 e. The highest BCUT2D eigenvalue weighted by atomic mass is 31.2. The van der Waals surface area contributed by atoms with Crippen LogP contribution >= 0.6 is 7.14 Å². The topological polar surface area (TPSA) is 83.5 Å². The number of hydrogen-bond donors (Lipinski definition) is 2. The molecule has 2 aromatic carbocycles. The third kappa shape index (κ3) is 4.97. The average Bonchev–Trinajstić information content (AvgIpc) is 2.68. The zero-order valence-electron chi connectivity index (χ0n) is 17.6. The summed E-state index contributed by atoms with van der Waals surface area (Å²) in [6.45, 7) is 9.38. The third-order valence-electron chi connectivity index (χ3n) is 5.37. The monoisotopic (exact) mass is 415 g/mol. The number of nitrogens with one attached hydrogen (secondary N) is 1. The van der Waals surface area contributed by atoms with Crippen LogP contribution in [0.25, 0.3) is 0 Å². The minimum atomic E-state index is -3.06. The summed E-state index contributed by atoms with van der Waals surface area (Å²) in [7, 11) is -3.06. The van der Waals surface area contributed by atoms with Crippen molar-refractivity contribution in [3.63, 3.8) is 0 Å². The second-order valence-corrected chi connectivity index (χ2v) is 12.1. The molecule has 0 saturated carbocycles. The molecule has 2 rings (SSSR count). The SMILES string of the molecule is Cc1ccc(C(C(NC(=O)c2ccccc2)C(=O)O)P(=O)(C(C)C)C(C)C)cc1. The van der Waals surface area contributed by atoms with Gasteiger partial charge in [0, 0.05) is 16.9 Å². The van der Waals surface area contributed by atoms with E-state index in [0.717, 1.165) is 5.56 Å². The molecular weight excluding hydrogens is 385 g/mol. The van der Waals surface area contributed by atoms with Crippen molar-refractivity contribution in [3.05, 3.63) is 71.3 Å². The fourth-order valence-corrected chi connectivity index (χ4v) is 7.53. The summed E-state index contributed by atoms with van der Waals surface area (Å²) in [6.07, 6.45) is 0. The molecule has 0 saturated heterocycles. The predicted molar refractivity (Wildman–Crippen MR) is 117 cm³/mol. The number of carboxylic acid groups (broad SMARTS) is 1. The van der Waals surface area contributed by atoms with Crippen LogP contribution in [0.15, 0.2) is 54.6 Å². The lowest BCUT2D eigenvalue weighted by atomic mass is 10.0. The standard InChI is InChI=1S/C23H30NO4P/c1-15(2)29(28,16(3)4)21(18-13-11-17(5)12-14-18)20(23(26)27)24-22(25)19-9-7-6-8-10-19/h6-16,20-21H,1-5H3,(H,24,25)(H,26,27). The summed E-state index contributed by atoms with van der Waals surface area (Å²) in [6, 6.07) is 14.6. The van der Waals surface area contributed by atoms with Gasteiger partial charge in [0.05, 0.1) is 5.66 Å². The minimum absolute atomic E-state index is 0.232. The molecular formula is C23H30NO4P. The molecule has 1 amide bonds. The maximum atomic E-state index is 14.2. The molecule has 2 atom stereocenters. The number of amides is 1. The molecule has 0 aliphatic rings. The lowest BCUT2D eigenvalue weighted by Gasteiger charge is -2.38.